The molecule has 0 fully saturated rings. The molecule has 2 aromatic carbocycles. The smallest absolute Gasteiger partial charge is 0.191 e. The van der Waals surface area contributed by atoms with Crippen LogP contribution in [0.25, 0.3) is 0 Å². The molecule has 0 amide bonds. The third-order valence-electron chi connectivity index (χ3n) is 4.11. The van der Waals surface area contributed by atoms with E-state index in [0.717, 1.165) is 31.2 Å². The number of rotatable bonds is 6. The molecule has 1 aliphatic rings. The molecule has 0 radical (unpaired) electrons. The third kappa shape index (κ3) is 4.87. The Morgan fingerprint density at radius 2 is 1.83 bits per heavy atom. The molecule has 3 rings (SSSR count). The van der Waals surface area contributed by atoms with Gasteiger partial charge in [-0.05, 0) is 29.7 Å². The number of nitrogens with one attached hydrogen (secondary N) is 2. The van der Waals surface area contributed by atoms with E-state index < -0.39 is 0 Å². The normalized spacial score (nSPS) is 15.5. The van der Waals surface area contributed by atoms with E-state index in [0.29, 0.717) is 12.5 Å². The zero-order valence-corrected chi connectivity index (χ0v) is 16.2. The molecular formula is C19H24IN3O. The quantitative estimate of drug-likeness (QED) is 0.316. The van der Waals surface area contributed by atoms with Crippen molar-refractivity contribution in [2.45, 2.75) is 12.3 Å². The summed E-state index contributed by atoms with van der Waals surface area (Å²) < 4.78 is 5.66. The fraction of sp³-hybridized carbons (Fsp3) is 0.316. The van der Waals surface area contributed by atoms with Crippen LogP contribution >= 0.6 is 24.0 Å². The number of hydrogen-bond donors (Lipinski definition) is 2. The minimum atomic E-state index is 0. The summed E-state index contributed by atoms with van der Waals surface area (Å²) in [7, 11) is 1.79. The molecular weight excluding hydrogens is 413 g/mol. The first-order valence-electron chi connectivity index (χ1n) is 8.07. The zero-order chi connectivity index (χ0) is 15.9. The van der Waals surface area contributed by atoms with E-state index in [2.05, 4.69) is 39.9 Å². The van der Waals surface area contributed by atoms with Crippen molar-refractivity contribution in [3.8, 4) is 5.75 Å². The molecule has 0 aliphatic heterocycles. The number of ether oxygens (including phenoxy) is 1. The lowest BCUT2D eigenvalue weighted by atomic mass is 9.78. The minimum Gasteiger partial charge on any atom is -0.492 e. The Bertz CT molecular complexity index is 661. The van der Waals surface area contributed by atoms with E-state index >= 15 is 0 Å². The van der Waals surface area contributed by atoms with E-state index in [1.165, 1.54) is 11.1 Å². The summed E-state index contributed by atoms with van der Waals surface area (Å²) in [5.74, 6) is 2.31. The van der Waals surface area contributed by atoms with Crippen LogP contribution in [0, 0.1) is 0 Å². The van der Waals surface area contributed by atoms with Gasteiger partial charge >= 0.3 is 0 Å². The maximum atomic E-state index is 5.66. The van der Waals surface area contributed by atoms with E-state index in [4.69, 9.17) is 4.74 Å². The highest BCUT2D eigenvalue weighted by Crippen LogP contribution is 2.33. The topological polar surface area (TPSA) is 45.7 Å². The Hall–Kier alpha value is -1.76. The molecule has 0 saturated heterocycles. The lowest BCUT2D eigenvalue weighted by Crippen LogP contribution is -2.42. The highest BCUT2D eigenvalue weighted by atomic mass is 127. The molecule has 128 valence electrons. The summed E-state index contributed by atoms with van der Waals surface area (Å²) in [5.41, 5.74) is 2.93. The van der Waals surface area contributed by atoms with E-state index in [9.17, 15) is 0 Å². The molecule has 5 heteroatoms. The molecule has 2 N–H and O–H groups in total. The minimum absolute atomic E-state index is 0. The van der Waals surface area contributed by atoms with Gasteiger partial charge in [-0.25, -0.2) is 0 Å². The Kier molecular flexibility index (Phi) is 7.36. The van der Waals surface area contributed by atoms with Gasteiger partial charge in [-0.2, -0.15) is 0 Å². The molecule has 1 aliphatic carbocycles. The number of para-hydroxylation sites is 1. The van der Waals surface area contributed by atoms with Gasteiger partial charge in [0.15, 0.2) is 5.96 Å². The largest absolute Gasteiger partial charge is 0.492 e. The Morgan fingerprint density at radius 3 is 2.58 bits per heavy atom. The van der Waals surface area contributed by atoms with Crippen molar-refractivity contribution in [2.75, 3.05) is 26.7 Å². The van der Waals surface area contributed by atoms with Gasteiger partial charge in [0, 0.05) is 19.5 Å². The summed E-state index contributed by atoms with van der Waals surface area (Å²) in [5, 5.41) is 6.68. The zero-order valence-electron chi connectivity index (χ0n) is 13.9. The van der Waals surface area contributed by atoms with Crippen LogP contribution in [0.2, 0.25) is 0 Å². The predicted molar refractivity (Wildman–Crippen MR) is 110 cm³/mol. The standard InChI is InChI=1S/C19H23N3O.HI/c1-20-19(21-11-12-23-17-8-3-2-4-9-17)22-14-16-13-15-7-5-6-10-18(15)16;/h2-10,16H,11-14H2,1H3,(H2,20,21,22);1H. The number of fused-ring (bicyclic) bond motifs is 1. The molecule has 0 saturated carbocycles. The summed E-state index contributed by atoms with van der Waals surface area (Å²) in [6.07, 6.45) is 1.15. The maximum absolute atomic E-state index is 5.66. The highest BCUT2D eigenvalue weighted by Gasteiger charge is 2.25. The van der Waals surface area contributed by atoms with Crippen LogP contribution in [-0.2, 0) is 6.42 Å². The van der Waals surface area contributed by atoms with Crippen LogP contribution < -0.4 is 15.4 Å². The lowest BCUT2D eigenvalue weighted by molar-refractivity contribution is 0.322. The molecule has 24 heavy (non-hydrogen) atoms. The highest BCUT2D eigenvalue weighted by molar-refractivity contribution is 14.0. The van der Waals surface area contributed by atoms with Gasteiger partial charge in [-0.1, -0.05) is 42.5 Å². The second kappa shape index (κ2) is 9.52. The van der Waals surface area contributed by atoms with Gasteiger partial charge in [0.25, 0.3) is 0 Å². The summed E-state index contributed by atoms with van der Waals surface area (Å²) in [4.78, 5) is 4.26. The summed E-state index contributed by atoms with van der Waals surface area (Å²) in [6.45, 7) is 2.24. The second-order valence-corrected chi connectivity index (χ2v) is 5.64. The van der Waals surface area contributed by atoms with Crippen molar-refractivity contribution in [3.05, 3.63) is 65.7 Å². The third-order valence-corrected chi connectivity index (χ3v) is 4.11. The van der Waals surface area contributed by atoms with Crippen molar-refractivity contribution in [3.63, 3.8) is 0 Å². The molecule has 1 atom stereocenters. The Balaban J connectivity index is 0.00000208. The van der Waals surface area contributed by atoms with E-state index in [1.807, 2.05) is 30.3 Å². The number of hydrogen-bond acceptors (Lipinski definition) is 2. The molecule has 2 aromatic rings. The molecule has 0 bridgehead atoms. The Morgan fingerprint density at radius 1 is 1.08 bits per heavy atom. The van der Waals surface area contributed by atoms with Gasteiger partial charge in [0.2, 0.25) is 0 Å². The number of guanidine groups is 1. The number of nitrogens with zero attached hydrogens (tertiary/aromatic N) is 1. The lowest BCUT2D eigenvalue weighted by Gasteiger charge is -2.30. The predicted octanol–water partition coefficient (Wildman–Crippen LogP) is 3.19. The molecule has 0 heterocycles. The van der Waals surface area contributed by atoms with Crippen molar-refractivity contribution in [2.24, 2.45) is 4.99 Å². The molecule has 4 nitrogen and oxygen atoms in total. The van der Waals surface area contributed by atoms with Crippen LogP contribution in [0.15, 0.2) is 59.6 Å². The summed E-state index contributed by atoms with van der Waals surface area (Å²) >= 11 is 0. The van der Waals surface area contributed by atoms with Crippen LogP contribution in [0.5, 0.6) is 5.75 Å². The first-order valence-corrected chi connectivity index (χ1v) is 8.07. The van der Waals surface area contributed by atoms with E-state index in [-0.39, 0.29) is 24.0 Å². The monoisotopic (exact) mass is 437 g/mol. The SMILES string of the molecule is CN=C(NCCOc1ccccc1)NCC1Cc2ccccc21.I. The molecule has 1 unspecified atom stereocenters. The number of benzene rings is 2. The average molecular weight is 437 g/mol. The second-order valence-electron chi connectivity index (χ2n) is 5.64. The summed E-state index contributed by atoms with van der Waals surface area (Å²) in [6, 6.07) is 18.5. The number of halogens is 1. The first kappa shape index (κ1) is 18.6. The van der Waals surface area contributed by atoms with Gasteiger partial charge in [0.05, 0.1) is 6.54 Å². The first-order chi connectivity index (χ1) is 11.4. The van der Waals surface area contributed by atoms with Crippen molar-refractivity contribution in [1.29, 1.82) is 0 Å². The van der Waals surface area contributed by atoms with Crippen LogP contribution in [0.1, 0.15) is 17.0 Å². The van der Waals surface area contributed by atoms with Crippen molar-refractivity contribution < 1.29 is 4.74 Å². The van der Waals surface area contributed by atoms with E-state index in [1.54, 1.807) is 7.05 Å². The maximum Gasteiger partial charge on any atom is 0.191 e. The fourth-order valence-corrected chi connectivity index (χ4v) is 2.84. The van der Waals surface area contributed by atoms with Crippen LogP contribution in [0.4, 0.5) is 0 Å². The van der Waals surface area contributed by atoms with Crippen molar-refractivity contribution >= 4 is 29.9 Å². The Labute approximate surface area is 160 Å². The average Bonchev–Trinajstić information content (AvgIpc) is 2.58. The van der Waals surface area contributed by atoms with Crippen molar-refractivity contribution in [1.82, 2.24) is 10.6 Å². The van der Waals surface area contributed by atoms with Crippen LogP contribution in [0.3, 0.4) is 0 Å². The molecule has 0 aromatic heterocycles. The van der Waals surface area contributed by atoms with Crippen LogP contribution in [-0.4, -0.2) is 32.7 Å². The van der Waals surface area contributed by atoms with Gasteiger partial charge in [0.1, 0.15) is 12.4 Å². The van der Waals surface area contributed by atoms with Gasteiger partial charge in [-0.3, -0.25) is 4.99 Å². The fourth-order valence-electron chi connectivity index (χ4n) is 2.84. The molecule has 0 spiro atoms. The number of aliphatic imine (C=N–C) groups is 1. The van der Waals surface area contributed by atoms with Gasteiger partial charge in [-0.15, -0.1) is 24.0 Å². The van der Waals surface area contributed by atoms with Gasteiger partial charge < -0.3 is 15.4 Å².